The molecule has 3 heterocycles. The molecule has 1 aromatic heterocycles. The minimum Gasteiger partial charge on any atom is -0.465 e. The Bertz CT molecular complexity index is 847. The van der Waals surface area contributed by atoms with Crippen molar-refractivity contribution in [3.63, 3.8) is 0 Å². The molecule has 6 nitrogen and oxygen atoms in total. The quantitative estimate of drug-likeness (QED) is 0.799. The average Bonchev–Trinajstić information content (AvgIpc) is 3.26. The van der Waals surface area contributed by atoms with Crippen LogP contribution in [0.1, 0.15) is 12.2 Å². The lowest BCUT2D eigenvalue weighted by Gasteiger charge is -2.45. The number of hydrogen-bond donors (Lipinski definition) is 1. The zero-order valence-electron chi connectivity index (χ0n) is 16.3. The molecular formula is C22H26FN3O3. The maximum atomic E-state index is 14.0. The molecule has 2 fully saturated rings. The van der Waals surface area contributed by atoms with Gasteiger partial charge in [0.15, 0.2) is 0 Å². The third-order valence-electron chi connectivity index (χ3n) is 5.77. The predicted octanol–water partition coefficient (Wildman–Crippen LogP) is 2.22. The average molecular weight is 399 g/mol. The topological polar surface area (TPSA) is 60.2 Å². The molecule has 29 heavy (non-hydrogen) atoms. The standard InChI is InChI=1S/C22H26FN3O3/c23-18-5-1-2-6-19(18)24-11-13-25(14-12-24)20-9-10-26(16-21(20)27)22(28)8-7-17-4-3-15-29-17/h1-8,15,20-21,27H,9-14,16H2. The summed E-state index contributed by atoms with van der Waals surface area (Å²) in [5.74, 6) is 0.306. The van der Waals surface area contributed by atoms with Gasteiger partial charge in [-0.2, -0.15) is 0 Å². The highest BCUT2D eigenvalue weighted by molar-refractivity contribution is 5.91. The number of nitrogens with zero attached hydrogens (tertiary/aromatic N) is 3. The van der Waals surface area contributed by atoms with E-state index in [1.54, 1.807) is 41.5 Å². The molecule has 2 atom stereocenters. The van der Waals surface area contributed by atoms with E-state index in [1.807, 2.05) is 6.07 Å². The van der Waals surface area contributed by atoms with Crippen LogP contribution >= 0.6 is 0 Å². The number of rotatable bonds is 4. The number of benzene rings is 1. The summed E-state index contributed by atoms with van der Waals surface area (Å²) in [4.78, 5) is 18.4. The number of amides is 1. The number of aliphatic hydroxyl groups is 1. The van der Waals surface area contributed by atoms with Gasteiger partial charge in [-0.3, -0.25) is 9.69 Å². The van der Waals surface area contributed by atoms with Gasteiger partial charge in [-0.15, -0.1) is 0 Å². The van der Waals surface area contributed by atoms with Crippen molar-refractivity contribution in [3.8, 4) is 0 Å². The van der Waals surface area contributed by atoms with E-state index in [1.165, 1.54) is 12.1 Å². The minimum atomic E-state index is -0.593. The molecule has 2 aromatic rings. The van der Waals surface area contributed by atoms with Gasteiger partial charge in [0.2, 0.25) is 5.91 Å². The van der Waals surface area contributed by atoms with E-state index in [4.69, 9.17) is 4.42 Å². The third kappa shape index (κ3) is 4.52. The normalized spacial score (nSPS) is 23.7. The summed E-state index contributed by atoms with van der Waals surface area (Å²) in [7, 11) is 0. The largest absolute Gasteiger partial charge is 0.465 e. The van der Waals surface area contributed by atoms with Crippen LogP contribution in [-0.4, -0.2) is 72.2 Å². The van der Waals surface area contributed by atoms with Gasteiger partial charge < -0.3 is 19.3 Å². The lowest BCUT2D eigenvalue weighted by Crippen LogP contribution is -2.59. The number of likely N-dealkylation sites (tertiary alicyclic amines) is 1. The second-order valence-electron chi connectivity index (χ2n) is 7.53. The first-order valence-corrected chi connectivity index (χ1v) is 10.0. The van der Waals surface area contributed by atoms with Gasteiger partial charge >= 0.3 is 0 Å². The molecular weight excluding hydrogens is 373 g/mol. The smallest absolute Gasteiger partial charge is 0.246 e. The van der Waals surface area contributed by atoms with Gasteiger partial charge in [-0.25, -0.2) is 4.39 Å². The number of anilines is 1. The Labute approximate surface area is 169 Å². The molecule has 0 radical (unpaired) electrons. The van der Waals surface area contributed by atoms with Crippen molar-refractivity contribution in [3.05, 3.63) is 60.3 Å². The number of hydrogen-bond acceptors (Lipinski definition) is 5. The van der Waals surface area contributed by atoms with Crippen LogP contribution in [0, 0.1) is 5.82 Å². The maximum Gasteiger partial charge on any atom is 0.246 e. The zero-order valence-corrected chi connectivity index (χ0v) is 16.3. The van der Waals surface area contributed by atoms with E-state index in [0.717, 1.165) is 32.6 Å². The number of aliphatic hydroxyl groups excluding tert-OH is 1. The van der Waals surface area contributed by atoms with Crippen LogP contribution in [0.5, 0.6) is 0 Å². The van der Waals surface area contributed by atoms with Crippen molar-refractivity contribution < 1.29 is 18.7 Å². The molecule has 2 aliphatic rings. The Morgan fingerprint density at radius 1 is 1.10 bits per heavy atom. The summed E-state index contributed by atoms with van der Waals surface area (Å²) >= 11 is 0. The first kappa shape index (κ1) is 19.7. The van der Waals surface area contributed by atoms with Gasteiger partial charge in [-0.05, 0) is 36.8 Å². The van der Waals surface area contributed by atoms with Crippen LogP contribution in [0.3, 0.4) is 0 Å². The third-order valence-corrected chi connectivity index (χ3v) is 5.77. The van der Waals surface area contributed by atoms with Crippen molar-refractivity contribution >= 4 is 17.7 Å². The summed E-state index contributed by atoms with van der Waals surface area (Å²) in [5.41, 5.74) is 0.636. The Balaban J connectivity index is 1.29. The highest BCUT2D eigenvalue weighted by atomic mass is 19.1. The molecule has 1 aromatic carbocycles. The number of carbonyl (C=O) groups excluding carboxylic acids is 1. The van der Waals surface area contributed by atoms with Crippen LogP contribution in [0.25, 0.3) is 6.08 Å². The predicted molar refractivity (Wildman–Crippen MR) is 109 cm³/mol. The van der Waals surface area contributed by atoms with E-state index < -0.39 is 6.10 Å². The molecule has 2 aliphatic heterocycles. The fraction of sp³-hybridized carbons (Fsp3) is 0.409. The summed E-state index contributed by atoms with van der Waals surface area (Å²) in [6, 6.07) is 10.4. The van der Waals surface area contributed by atoms with Crippen LogP contribution in [0.2, 0.25) is 0 Å². The van der Waals surface area contributed by atoms with E-state index in [-0.39, 0.29) is 17.8 Å². The van der Waals surface area contributed by atoms with Crippen LogP contribution in [0.4, 0.5) is 10.1 Å². The van der Waals surface area contributed by atoms with E-state index in [0.29, 0.717) is 24.5 Å². The lowest BCUT2D eigenvalue weighted by atomic mass is 9.99. The number of piperidine rings is 1. The van der Waals surface area contributed by atoms with Gasteiger partial charge in [0, 0.05) is 51.4 Å². The van der Waals surface area contributed by atoms with Gasteiger partial charge in [0.25, 0.3) is 0 Å². The minimum absolute atomic E-state index is 0.0240. The van der Waals surface area contributed by atoms with Gasteiger partial charge in [0.1, 0.15) is 11.6 Å². The molecule has 2 saturated heterocycles. The van der Waals surface area contributed by atoms with Crippen molar-refractivity contribution in [1.29, 1.82) is 0 Å². The van der Waals surface area contributed by atoms with E-state index in [9.17, 15) is 14.3 Å². The fourth-order valence-corrected chi connectivity index (χ4v) is 4.19. The Morgan fingerprint density at radius 2 is 1.90 bits per heavy atom. The molecule has 0 bridgehead atoms. The van der Waals surface area contributed by atoms with Gasteiger partial charge in [-0.1, -0.05) is 12.1 Å². The summed E-state index contributed by atoms with van der Waals surface area (Å²) in [6.45, 7) is 3.90. The van der Waals surface area contributed by atoms with Crippen LogP contribution < -0.4 is 4.90 Å². The first-order chi connectivity index (χ1) is 14.1. The fourth-order valence-electron chi connectivity index (χ4n) is 4.19. The summed E-state index contributed by atoms with van der Waals surface area (Å²) in [5, 5.41) is 10.7. The molecule has 0 aliphatic carbocycles. The molecule has 1 amide bonds. The second kappa shape index (κ2) is 8.80. The summed E-state index contributed by atoms with van der Waals surface area (Å²) in [6.07, 6.45) is 4.82. The molecule has 0 spiro atoms. The number of halogens is 1. The second-order valence-corrected chi connectivity index (χ2v) is 7.53. The summed E-state index contributed by atoms with van der Waals surface area (Å²) < 4.78 is 19.2. The Hall–Kier alpha value is -2.64. The molecule has 4 rings (SSSR count). The van der Waals surface area contributed by atoms with Crippen molar-refractivity contribution in [2.24, 2.45) is 0 Å². The molecule has 2 unspecified atom stereocenters. The van der Waals surface area contributed by atoms with Crippen molar-refractivity contribution in [2.75, 3.05) is 44.2 Å². The molecule has 7 heteroatoms. The van der Waals surface area contributed by atoms with Crippen molar-refractivity contribution in [1.82, 2.24) is 9.80 Å². The van der Waals surface area contributed by atoms with E-state index in [2.05, 4.69) is 9.80 Å². The number of para-hydroxylation sites is 1. The molecule has 0 saturated carbocycles. The number of β-amino-alcohol motifs (C(OH)–C–C–N with tert-alkyl or cyclic N) is 1. The van der Waals surface area contributed by atoms with Crippen molar-refractivity contribution in [2.45, 2.75) is 18.6 Å². The monoisotopic (exact) mass is 399 g/mol. The maximum absolute atomic E-state index is 14.0. The first-order valence-electron chi connectivity index (χ1n) is 10.0. The highest BCUT2D eigenvalue weighted by Crippen LogP contribution is 2.23. The Kier molecular flexibility index (Phi) is 5.97. The van der Waals surface area contributed by atoms with Gasteiger partial charge in [0.05, 0.1) is 18.1 Å². The molecule has 154 valence electrons. The number of piperazine rings is 1. The molecule has 1 N–H and O–H groups in total. The lowest BCUT2D eigenvalue weighted by molar-refractivity contribution is -0.131. The SMILES string of the molecule is O=C(C=Cc1ccco1)N1CCC(N2CCN(c3ccccc3F)CC2)C(O)C1. The Morgan fingerprint density at radius 3 is 2.59 bits per heavy atom. The van der Waals surface area contributed by atoms with Crippen LogP contribution in [-0.2, 0) is 4.79 Å². The number of furan rings is 1. The van der Waals surface area contributed by atoms with Crippen LogP contribution in [0.15, 0.2) is 53.2 Å². The number of carbonyl (C=O) groups is 1. The highest BCUT2D eigenvalue weighted by Gasteiger charge is 2.35. The zero-order chi connectivity index (χ0) is 20.2. The van der Waals surface area contributed by atoms with E-state index >= 15 is 0 Å².